The Kier molecular flexibility index (Phi) is 3.33. The van der Waals surface area contributed by atoms with Gasteiger partial charge in [-0.3, -0.25) is 4.79 Å². The van der Waals surface area contributed by atoms with Gasteiger partial charge in [-0.05, 0) is 33.2 Å². The summed E-state index contributed by atoms with van der Waals surface area (Å²) in [6.07, 6.45) is 2.82. The molecule has 0 aromatic carbocycles. The van der Waals surface area contributed by atoms with Crippen molar-refractivity contribution in [2.24, 2.45) is 0 Å². The lowest BCUT2D eigenvalue weighted by Gasteiger charge is -2.33. The Morgan fingerprint density at radius 3 is 3.00 bits per heavy atom. The van der Waals surface area contributed by atoms with Gasteiger partial charge in [0.1, 0.15) is 0 Å². The minimum absolute atomic E-state index is 0.150. The Morgan fingerprint density at radius 1 is 1.56 bits per heavy atom. The molecular formula is C11H17N3O2. The lowest BCUT2D eigenvalue weighted by atomic mass is 9.97. The van der Waals surface area contributed by atoms with Gasteiger partial charge in [0.15, 0.2) is 6.29 Å². The van der Waals surface area contributed by atoms with Crippen LogP contribution in [0.25, 0.3) is 0 Å². The largest absolute Gasteiger partial charge is 0.339 e. The molecule has 0 bridgehead atoms. The molecule has 2 rings (SSSR count). The Labute approximate surface area is 94.8 Å². The molecule has 1 aliphatic heterocycles. The molecule has 0 aliphatic carbocycles. The fraction of sp³-hybridized carbons (Fsp3) is 0.727. The van der Waals surface area contributed by atoms with Crippen molar-refractivity contribution in [2.45, 2.75) is 38.6 Å². The van der Waals surface area contributed by atoms with Crippen molar-refractivity contribution in [1.29, 1.82) is 0 Å². The molecular weight excluding hydrogens is 206 g/mol. The topological polar surface area (TPSA) is 59.2 Å². The first-order chi connectivity index (χ1) is 7.70. The van der Waals surface area contributed by atoms with Gasteiger partial charge in [0.05, 0.1) is 5.92 Å². The van der Waals surface area contributed by atoms with Crippen molar-refractivity contribution in [3.63, 3.8) is 0 Å². The number of hydrogen-bond donors (Lipinski definition) is 0. The normalized spacial score (nSPS) is 22.6. The Bertz CT molecular complexity index is 362. The Morgan fingerprint density at radius 2 is 2.38 bits per heavy atom. The molecule has 0 saturated carbocycles. The third-order valence-electron chi connectivity index (χ3n) is 3.10. The van der Waals surface area contributed by atoms with E-state index >= 15 is 0 Å². The van der Waals surface area contributed by atoms with E-state index in [-0.39, 0.29) is 11.7 Å². The third kappa shape index (κ3) is 2.29. The highest BCUT2D eigenvalue weighted by Crippen LogP contribution is 2.26. The fourth-order valence-corrected chi connectivity index (χ4v) is 2.14. The van der Waals surface area contributed by atoms with Crippen molar-refractivity contribution < 1.29 is 9.32 Å². The summed E-state index contributed by atoms with van der Waals surface area (Å²) in [5, 5.41) is 3.61. The summed E-state index contributed by atoms with van der Waals surface area (Å²) in [5.41, 5.74) is 0. The number of hydrogen-bond acceptors (Lipinski definition) is 5. The van der Waals surface area contributed by atoms with Crippen LogP contribution in [0.4, 0.5) is 0 Å². The molecule has 1 saturated heterocycles. The number of nitrogens with zero attached hydrogens (tertiary/aromatic N) is 3. The van der Waals surface area contributed by atoms with Crippen molar-refractivity contribution >= 4 is 6.29 Å². The molecule has 1 unspecified atom stereocenters. The maximum absolute atomic E-state index is 10.5. The quantitative estimate of drug-likeness (QED) is 0.726. The molecule has 1 fully saturated rings. The van der Waals surface area contributed by atoms with E-state index in [0.29, 0.717) is 18.2 Å². The second-order valence-corrected chi connectivity index (χ2v) is 4.54. The first-order valence-corrected chi connectivity index (χ1v) is 5.73. The molecule has 0 radical (unpaired) electrons. The monoisotopic (exact) mass is 223 g/mol. The van der Waals surface area contributed by atoms with Crippen LogP contribution in [0.15, 0.2) is 4.52 Å². The smallest absolute Gasteiger partial charge is 0.235 e. The van der Waals surface area contributed by atoms with Crippen LogP contribution in [-0.4, -0.2) is 40.5 Å². The molecule has 88 valence electrons. The number of aromatic nitrogens is 2. The van der Waals surface area contributed by atoms with Crippen LogP contribution in [0.3, 0.4) is 0 Å². The van der Waals surface area contributed by atoms with E-state index in [0.717, 1.165) is 25.9 Å². The zero-order chi connectivity index (χ0) is 11.5. The fourth-order valence-electron chi connectivity index (χ4n) is 2.14. The number of aldehydes is 1. The molecule has 1 atom stereocenters. The summed E-state index contributed by atoms with van der Waals surface area (Å²) in [7, 11) is 0. The minimum atomic E-state index is 0.150. The summed E-state index contributed by atoms with van der Waals surface area (Å²) in [6, 6.07) is 0.538. The van der Waals surface area contributed by atoms with Crippen LogP contribution in [0.1, 0.15) is 49.1 Å². The van der Waals surface area contributed by atoms with Crippen LogP contribution < -0.4 is 0 Å². The highest BCUT2D eigenvalue weighted by atomic mass is 16.5. The van der Waals surface area contributed by atoms with E-state index in [1.165, 1.54) is 0 Å². The number of rotatable bonds is 3. The van der Waals surface area contributed by atoms with Gasteiger partial charge in [-0.25, -0.2) is 0 Å². The average molecular weight is 223 g/mol. The molecule has 1 aromatic heterocycles. The molecule has 0 amide bonds. The maximum Gasteiger partial charge on any atom is 0.235 e. The highest BCUT2D eigenvalue weighted by molar-refractivity contribution is 5.68. The van der Waals surface area contributed by atoms with Crippen LogP contribution >= 0.6 is 0 Å². The Hall–Kier alpha value is -1.23. The first kappa shape index (κ1) is 11.3. The summed E-state index contributed by atoms with van der Waals surface area (Å²) in [5.74, 6) is 1.03. The van der Waals surface area contributed by atoms with Crippen LogP contribution in [-0.2, 0) is 0 Å². The number of likely N-dealkylation sites (tertiary alicyclic amines) is 1. The highest BCUT2D eigenvalue weighted by Gasteiger charge is 2.26. The van der Waals surface area contributed by atoms with Gasteiger partial charge < -0.3 is 9.42 Å². The van der Waals surface area contributed by atoms with E-state index in [1.807, 2.05) is 0 Å². The minimum Gasteiger partial charge on any atom is -0.339 e. The van der Waals surface area contributed by atoms with E-state index in [1.54, 1.807) is 0 Å². The molecule has 5 heteroatoms. The molecule has 5 nitrogen and oxygen atoms in total. The van der Waals surface area contributed by atoms with Gasteiger partial charge in [-0.1, -0.05) is 5.16 Å². The molecule has 0 spiro atoms. The Balaban J connectivity index is 2.06. The van der Waals surface area contributed by atoms with Crippen molar-refractivity contribution in [1.82, 2.24) is 15.0 Å². The number of carbonyl (C=O) groups is 1. The molecule has 2 heterocycles. The van der Waals surface area contributed by atoms with Crippen molar-refractivity contribution in [2.75, 3.05) is 13.1 Å². The standard InChI is InChI=1S/C11H17N3O2/c1-8(2)14-5-3-4-9(6-14)11-12-10(7-15)13-16-11/h7-9H,3-6H2,1-2H3. The number of piperidine rings is 1. The van der Waals surface area contributed by atoms with Crippen LogP contribution in [0, 0.1) is 0 Å². The van der Waals surface area contributed by atoms with Gasteiger partial charge in [-0.15, -0.1) is 0 Å². The molecule has 1 aromatic rings. The van der Waals surface area contributed by atoms with Crippen molar-refractivity contribution in [3.05, 3.63) is 11.7 Å². The number of carbonyl (C=O) groups excluding carboxylic acids is 1. The van der Waals surface area contributed by atoms with E-state index in [2.05, 4.69) is 28.9 Å². The third-order valence-corrected chi connectivity index (χ3v) is 3.10. The lowest BCUT2D eigenvalue weighted by molar-refractivity contribution is 0.111. The SMILES string of the molecule is CC(C)N1CCCC(c2nc(C=O)no2)C1. The predicted molar refractivity (Wildman–Crippen MR) is 58.4 cm³/mol. The molecule has 16 heavy (non-hydrogen) atoms. The second-order valence-electron chi connectivity index (χ2n) is 4.54. The predicted octanol–water partition coefficient (Wildman–Crippen LogP) is 1.47. The summed E-state index contributed by atoms with van der Waals surface area (Å²) < 4.78 is 5.10. The van der Waals surface area contributed by atoms with Gasteiger partial charge in [0, 0.05) is 12.6 Å². The lowest BCUT2D eigenvalue weighted by Crippen LogP contribution is -2.39. The first-order valence-electron chi connectivity index (χ1n) is 5.73. The van der Waals surface area contributed by atoms with E-state index < -0.39 is 0 Å². The summed E-state index contributed by atoms with van der Waals surface area (Å²) in [4.78, 5) is 17.0. The molecule has 0 N–H and O–H groups in total. The summed E-state index contributed by atoms with van der Waals surface area (Å²) in [6.45, 7) is 6.45. The van der Waals surface area contributed by atoms with Crippen LogP contribution in [0.5, 0.6) is 0 Å². The van der Waals surface area contributed by atoms with Crippen molar-refractivity contribution in [3.8, 4) is 0 Å². The van der Waals surface area contributed by atoms with Gasteiger partial charge in [-0.2, -0.15) is 4.98 Å². The summed E-state index contributed by atoms with van der Waals surface area (Å²) >= 11 is 0. The molecule has 1 aliphatic rings. The van der Waals surface area contributed by atoms with Gasteiger partial charge in [0.2, 0.25) is 11.7 Å². The van der Waals surface area contributed by atoms with Crippen LogP contribution in [0.2, 0.25) is 0 Å². The van der Waals surface area contributed by atoms with E-state index in [9.17, 15) is 4.79 Å². The maximum atomic E-state index is 10.5. The zero-order valence-corrected chi connectivity index (χ0v) is 9.72. The zero-order valence-electron chi connectivity index (χ0n) is 9.72. The second kappa shape index (κ2) is 4.74. The van der Waals surface area contributed by atoms with E-state index in [4.69, 9.17) is 4.52 Å². The van der Waals surface area contributed by atoms with Gasteiger partial charge in [0.25, 0.3) is 0 Å². The average Bonchev–Trinajstić information content (AvgIpc) is 2.77. The van der Waals surface area contributed by atoms with Gasteiger partial charge >= 0.3 is 0 Å².